The molecule has 0 saturated carbocycles. The van der Waals surface area contributed by atoms with Gasteiger partial charge < -0.3 is 10.2 Å². The zero-order valence-corrected chi connectivity index (χ0v) is 6.99. The SMILES string of the molecule is N#Cc1cc(F)c(C(=O)O)cc1CO. The number of carbonyl (C=O) groups is 1. The first-order valence-electron chi connectivity index (χ1n) is 3.66. The number of carboxylic acids is 1. The molecule has 0 aromatic heterocycles. The van der Waals surface area contributed by atoms with Crippen LogP contribution in [0.25, 0.3) is 0 Å². The van der Waals surface area contributed by atoms with Gasteiger partial charge in [0, 0.05) is 0 Å². The molecule has 4 nitrogen and oxygen atoms in total. The zero-order valence-electron chi connectivity index (χ0n) is 6.99. The molecule has 0 fully saturated rings. The molecule has 5 heteroatoms. The van der Waals surface area contributed by atoms with Gasteiger partial charge in [-0.25, -0.2) is 9.18 Å². The second kappa shape index (κ2) is 3.85. The quantitative estimate of drug-likeness (QED) is 0.734. The molecule has 0 heterocycles. The minimum atomic E-state index is -1.43. The van der Waals surface area contributed by atoms with Crippen LogP contribution in [-0.4, -0.2) is 16.2 Å². The van der Waals surface area contributed by atoms with Gasteiger partial charge in [-0.2, -0.15) is 5.26 Å². The van der Waals surface area contributed by atoms with Crippen molar-refractivity contribution in [1.82, 2.24) is 0 Å². The van der Waals surface area contributed by atoms with Crippen molar-refractivity contribution in [2.24, 2.45) is 0 Å². The van der Waals surface area contributed by atoms with E-state index in [1.165, 1.54) is 0 Å². The highest BCUT2D eigenvalue weighted by atomic mass is 19.1. The third-order valence-electron chi connectivity index (χ3n) is 1.71. The van der Waals surface area contributed by atoms with Crippen LogP contribution in [0.2, 0.25) is 0 Å². The predicted molar refractivity (Wildman–Crippen MR) is 44.0 cm³/mol. The number of rotatable bonds is 2. The maximum Gasteiger partial charge on any atom is 0.338 e. The van der Waals surface area contributed by atoms with Gasteiger partial charge in [-0.05, 0) is 17.7 Å². The fraction of sp³-hybridized carbons (Fsp3) is 0.111. The van der Waals surface area contributed by atoms with E-state index in [1.54, 1.807) is 6.07 Å². The number of aliphatic hydroxyl groups is 1. The van der Waals surface area contributed by atoms with Crippen molar-refractivity contribution in [3.63, 3.8) is 0 Å². The highest BCUT2D eigenvalue weighted by molar-refractivity contribution is 5.88. The van der Waals surface area contributed by atoms with E-state index < -0.39 is 24.0 Å². The summed E-state index contributed by atoms with van der Waals surface area (Å²) in [5.74, 6) is -2.41. The molecule has 0 aliphatic rings. The molecule has 0 saturated heterocycles. The second-order valence-electron chi connectivity index (χ2n) is 2.56. The Morgan fingerprint density at radius 2 is 2.21 bits per heavy atom. The normalized spacial score (nSPS) is 9.50. The summed E-state index contributed by atoms with van der Waals surface area (Å²) in [4.78, 5) is 10.5. The summed E-state index contributed by atoms with van der Waals surface area (Å²) in [6.45, 7) is -0.497. The maximum absolute atomic E-state index is 13.0. The molecule has 0 bridgehead atoms. The lowest BCUT2D eigenvalue weighted by Gasteiger charge is -2.02. The number of benzene rings is 1. The first kappa shape index (κ1) is 10.2. The number of aromatic carboxylic acids is 1. The van der Waals surface area contributed by atoms with Crippen LogP contribution in [-0.2, 0) is 6.61 Å². The summed E-state index contributed by atoms with van der Waals surface area (Å²) < 4.78 is 13.0. The van der Waals surface area contributed by atoms with E-state index in [-0.39, 0.29) is 11.1 Å². The van der Waals surface area contributed by atoms with Crippen LogP contribution in [0.3, 0.4) is 0 Å². The minimum Gasteiger partial charge on any atom is -0.478 e. The first-order valence-corrected chi connectivity index (χ1v) is 3.66. The third kappa shape index (κ3) is 1.70. The van der Waals surface area contributed by atoms with Crippen LogP contribution in [0.4, 0.5) is 4.39 Å². The summed E-state index contributed by atoms with van der Waals surface area (Å²) in [5, 5.41) is 25.9. The van der Waals surface area contributed by atoms with Gasteiger partial charge in [0.25, 0.3) is 0 Å². The van der Waals surface area contributed by atoms with Crippen LogP contribution in [0.1, 0.15) is 21.5 Å². The molecule has 2 N–H and O–H groups in total. The van der Waals surface area contributed by atoms with Gasteiger partial charge in [-0.3, -0.25) is 0 Å². The molecule has 0 aliphatic heterocycles. The lowest BCUT2D eigenvalue weighted by molar-refractivity contribution is 0.0691. The van der Waals surface area contributed by atoms with Crippen molar-refractivity contribution in [2.75, 3.05) is 0 Å². The molecular formula is C9H6FNO3. The molecule has 0 atom stereocenters. The highest BCUT2D eigenvalue weighted by Crippen LogP contribution is 2.15. The molecule has 1 aromatic rings. The Balaban J connectivity index is 3.39. The average molecular weight is 195 g/mol. The smallest absolute Gasteiger partial charge is 0.338 e. The number of hydrogen-bond donors (Lipinski definition) is 2. The van der Waals surface area contributed by atoms with Crippen molar-refractivity contribution >= 4 is 5.97 Å². The van der Waals surface area contributed by atoms with Gasteiger partial charge in [0.1, 0.15) is 5.82 Å². The fourth-order valence-corrected chi connectivity index (χ4v) is 1.02. The second-order valence-corrected chi connectivity index (χ2v) is 2.56. The Morgan fingerprint density at radius 1 is 1.57 bits per heavy atom. The van der Waals surface area contributed by atoms with Gasteiger partial charge in [0.2, 0.25) is 0 Å². The summed E-state index contributed by atoms with van der Waals surface area (Å²) in [6.07, 6.45) is 0. The van der Waals surface area contributed by atoms with Crippen molar-refractivity contribution in [2.45, 2.75) is 6.61 Å². The van der Waals surface area contributed by atoms with E-state index in [2.05, 4.69) is 0 Å². The maximum atomic E-state index is 13.0. The fourth-order valence-electron chi connectivity index (χ4n) is 1.02. The Labute approximate surface area is 78.8 Å². The molecule has 0 spiro atoms. The third-order valence-corrected chi connectivity index (χ3v) is 1.71. The summed E-state index contributed by atoms with van der Waals surface area (Å²) in [7, 11) is 0. The van der Waals surface area contributed by atoms with E-state index in [9.17, 15) is 9.18 Å². The molecule has 0 amide bonds. The van der Waals surface area contributed by atoms with Gasteiger partial charge in [0.05, 0.1) is 23.8 Å². The molecule has 14 heavy (non-hydrogen) atoms. The number of halogens is 1. The Hall–Kier alpha value is -1.93. The Morgan fingerprint density at radius 3 is 2.64 bits per heavy atom. The van der Waals surface area contributed by atoms with Crippen LogP contribution < -0.4 is 0 Å². The van der Waals surface area contributed by atoms with Crippen LogP contribution in [0.15, 0.2) is 12.1 Å². The Kier molecular flexibility index (Phi) is 2.79. The monoisotopic (exact) mass is 195 g/mol. The number of nitrogens with zero attached hydrogens (tertiary/aromatic N) is 1. The number of hydrogen-bond acceptors (Lipinski definition) is 3. The van der Waals surface area contributed by atoms with Crippen LogP contribution >= 0.6 is 0 Å². The summed E-state index contributed by atoms with van der Waals surface area (Å²) >= 11 is 0. The molecule has 0 unspecified atom stereocenters. The predicted octanol–water partition coefficient (Wildman–Crippen LogP) is 0.888. The zero-order chi connectivity index (χ0) is 10.7. The van der Waals surface area contributed by atoms with Gasteiger partial charge in [-0.1, -0.05) is 0 Å². The van der Waals surface area contributed by atoms with Crippen LogP contribution in [0, 0.1) is 17.1 Å². The van der Waals surface area contributed by atoms with Crippen molar-refractivity contribution in [1.29, 1.82) is 5.26 Å². The lowest BCUT2D eigenvalue weighted by atomic mass is 10.0. The number of aliphatic hydroxyl groups excluding tert-OH is 1. The summed E-state index contributed by atoms with van der Waals surface area (Å²) in [6, 6.07) is 3.42. The van der Waals surface area contributed by atoms with Crippen molar-refractivity contribution in [3.05, 3.63) is 34.6 Å². The lowest BCUT2D eigenvalue weighted by Crippen LogP contribution is -2.03. The van der Waals surface area contributed by atoms with Crippen LogP contribution in [0.5, 0.6) is 0 Å². The van der Waals surface area contributed by atoms with Crippen molar-refractivity contribution < 1.29 is 19.4 Å². The van der Waals surface area contributed by atoms with Gasteiger partial charge >= 0.3 is 5.97 Å². The number of nitriles is 1. The molecule has 1 rings (SSSR count). The van der Waals surface area contributed by atoms with Gasteiger partial charge in [-0.15, -0.1) is 0 Å². The van der Waals surface area contributed by atoms with Crippen molar-refractivity contribution in [3.8, 4) is 6.07 Å². The highest BCUT2D eigenvalue weighted by Gasteiger charge is 2.14. The molecular weight excluding hydrogens is 189 g/mol. The minimum absolute atomic E-state index is 0.0602. The van der Waals surface area contributed by atoms with E-state index in [0.29, 0.717) is 0 Å². The summed E-state index contributed by atoms with van der Waals surface area (Å²) in [5.41, 5.74) is -0.505. The van der Waals surface area contributed by atoms with Gasteiger partial charge in [0.15, 0.2) is 0 Å². The topological polar surface area (TPSA) is 81.3 Å². The average Bonchev–Trinajstić information content (AvgIpc) is 2.16. The largest absolute Gasteiger partial charge is 0.478 e. The standard InChI is InChI=1S/C9H6FNO3/c10-8-2-5(3-11)6(4-12)1-7(8)9(13)14/h1-2,12H,4H2,(H,13,14). The number of carboxylic acid groups (broad SMARTS) is 1. The Bertz CT molecular complexity index is 423. The molecule has 0 radical (unpaired) electrons. The van der Waals surface area contributed by atoms with E-state index in [1.807, 2.05) is 0 Å². The molecule has 1 aromatic carbocycles. The molecule has 72 valence electrons. The first-order chi connectivity index (χ1) is 6.60. The van der Waals surface area contributed by atoms with E-state index in [4.69, 9.17) is 15.5 Å². The molecule has 0 aliphatic carbocycles. The van der Waals surface area contributed by atoms with E-state index >= 15 is 0 Å². The van der Waals surface area contributed by atoms with E-state index in [0.717, 1.165) is 12.1 Å².